The number of aryl methyl sites for hydroxylation is 1. The summed E-state index contributed by atoms with van der Waals surface area (Å²) in [4.78, 5) is 0.873. The molecule has 0 amide bonds. The van der Waals surface area contributed by atoms with Crippen molar-refractivity contribution in [1.82, 2.24) is 0 Å². The van der Waals surface area contributed by atoms with Crippen LogP contribution in [-0.4, -0.2) is 6.43 Å². The lowest BCUT2D eigenvalue weighted by Gasteiger charge is -2.08. The van der Waals surface area contributed by atoms with Gasteiger partial charge in [0.25, 0.3) is 6.43 Å². The third kappa shape index (κ3) is 1.75. The molecule has 0 fully saturated rings. The van der Waals surface area contributed by atoms with Crippen molar-refractivity contribution in [2.45, 2.75) is 19.4 Å². The summed E-state index contributed by atoms with van der Waals surface area (Å²) in [5, 5.41) is 1.77. The van der Waals surface area contributed by atoms with Gasteiger partial charge in [0.05, 0.1) is 6.04 Å². The monoisotopic (exact) mass is 177 g/mol. The molecule has 0 aliphatic carbocycles. The summed E-state index contributed by atoms with van der Waals surface area (Å²) in [6, 6.07) is 0.526. The van der Waals surface area contributed by atoms with E-state index in [1.165, 1.54) is 11.3 Å². The van der Waals surface area contributed by atoms with Crippen LogP contribution in [0.2, 0.25) is 0 Å². The summed E-state index contributed by atoms with van der Waals surface area (Å²) in [6.45, 7) is 1.79. The van der Waals surface area contributed by atoms with Crippen LogP contribution in [0.4, 0.5) is 8.78 Å². The van der Waals surface area contributed by atoms with Crippen molar-refractivity contribution in [3.63, 3.8) is 0 Å². The van der Waals surface area contributed by atoms with Crippen molar-refractivity contribution in [2.75, 3.05) is 0 Å². The van der Waals surface area contributed by atoms with Crippen LogP contribution >= 0.6 is 11.3 Å². The maximum absolute atomic E-state index is 12.1. The van der Waals surface area contributed by atoms with Gasteiger partial charge in [-0.3, -0.25) is 0 Å². The Kier molecular flexibility index (Phi) is 2.57. The molecular formula is C7H9F2NS. The van der Waals surface area contributed by atoms with E-state index in [1.807, 2.05) is 0 Å². The molecule has 0 aliphatic heterocycles. The number of rotatable bonds is 2. The molecule has 2 N–H and O–H groups in total. The number of hydrogen-bond donors (Lipinski definition) is 1. The standard InChI is InChI=1S/C7H9F2NS/c1-4-5(2-3-11-4)6(10)7(8)9/h2-3,6-7H,10H2,1H3. The molecule has 0 aromatic carbocycles. The molecule has 0 spiro atoms. The second-order valence-electron chi connectivity index (χ2n) is 2.29. The molecule has 1 nitrogen and oxygen atoms in total. The fraction of sp³-hybridized carbons (Fsp3) is 0.429. The number of nitrogens with two attached hydrogens (primary N) is 1. The molecule has 1 aromatic heterocycles. The van der Waals surface area contributed by atoms with Gasteiger partial charge in [0.15, 0.2) is 0 Å². The van der Waals surface area contributed by atoms with Gasteiger partial charge in [0, 0.05) is 4.88 Å². The first-order chi connectivity index (χ1) is 5.13. The molecule has 62 valence electrons. The van der Waals surface area contributed by atoms with E-state index < -0.39 is 12.5 Å². The van der Waals surface area contributed by atoms with Crippen molar-refractivity contribution in [2.24, 2.45) is 5.73 Å². The predicted molar refractivity (Wildman–Crippen MR) is 42.0 cm³/mol. The van der Waals surface area contributed by atoms with Gasteiger partial charge < -0.3 is 5.73 Å². The Hall–Kier alpha value is -0.480. The van der Waals surface area contributed by atoms with E-state index in [4.69, 9.17) is 5.73 Å². The topological polar surface area (TPSA) is 26.0 Å². The molecule has 0 bridgehead atoms. The first kappa shape index (κ1) is 8.62. The summed E-state index contributed by atoms with van der Waals surface area (Å²) in [6.07, 6.45) is -2.47. The molecule has 0 saturated heterocycles. The van der Waals surface area contributed by atoms with Crippen LogP contribution in [0, 0.1) is 6.92 Å². The Morgan fingerprint density at radius 2 is 2.18 bits per heavy atom. The van der Waals surface area contributed by atoms with Crippen molar-refractivity contribution in [3.8, 4) is 0 Å². The molecule has 11 heavy (non-hydrogen) atoms. The molecule has 4 heteroatoms. The zero-order chi connectivity index (χ0) is 8.43. The minimum atomic E-state index is -2.47. The second-order valence-corrected chi connectivity index (χ2v) is 3.41. The molecule has 1 unspecified atom stereocenters. The second kappa shape index (κ2) is 3.28. The fourth-order valence-electron chi connectivity index (χ4n) is 0.876. The molecule has 0 radical (unpaired) electrons. The van der Waals surface area contributed by atoms with E-state index in [0.717, 1.165) is 4.88 Å². The minimum Gasteiger partial charge on any atom is -0.319 e. The molecule has 1 atom stereocenters. The van der Waals surface area contributed by atoms with Gasteiger partial charge >= 0.3 is 0 Å². The summed E-state index contributed by atoms with van der Waals surface area (Å²) >= 11 is 1.44. The van der Waals surface area contributed by atoms with Crippen LogP contribution in [-0.2, 0) is 0 Å². The van der Waals surface area contributed by atoms with E-state index in [1.54, 1.807) is 18.4 Å². The first-order valence-corrected chi connectivity index (χ1v) is 4.08. The van der Waals surface area contributed by atoms with Gasteiger partial charge in [-0.25, -0.2) is 8.78 Å². The van der Waals surface area contributed by atoms with Crippen LogP contribution in [0.3, 0.4) is 0 Å². The van der Waals surface area contributed by atoms with E-state index >= 15 is 0 Å². The van der Waals surface area contributed by atoms with Crippen LogP contribution in [0.1, 0.15) is 16.5 Å². The summed E-state index contributed by atoms with van der Waals surface area (Å²) in [7, 11) is 0. The normalized spacial score (nSPS) is 13.9. The maximum Gasteiger partial charge on any atom is 0.257 e. The summed E-state index contributed by atoms with van der Waals surface area (Å²) in [5.41, 5.74) is 5.80. The Labute approximate surface area is 67.8 Å². The van der Waals surface area contributed by atoms with Crippen LogP contribution < -0.4 is 5.73 Å². The molecular weight excluding hydrogens is 168 g/mol. The van der Waals surface area contributed by atoms with Gasteiger partial charge in [-0.1, -0.05) is 0 Å². The van der Waals surface area contributed by atoms with Gasteiger partial charge in [0.2, 0.25) is 0 Å². The number of alkyl halides is 2. The third-order valence-corrected chi connectivity index (χ3v) is 2.39. The third-order valence-electron chi connectivity index (χ3n) is 1.53. The molecule has 1 heterocycles. The lowest BCUT2D eigenvalue weighted by molar-refractivity contribution is 0.116. The highest BCUT2D eigenvalue weighted by atomic mass is 32.1. The number of thiophene rings is 1. The molecule has 0 saturated carbocycles. The smallest absolute Gasteiger partial charge is 0.257 e. The van der Waals surface area contributed by atoms with E-state index in [9.17, 15) is 8.78 Å². The zero-order valence-electron chi connectivity index (χ0n) is 6.05. The van der Waals surface area contributed by atoms with Gasteiger partial charge in [-0.2, -0.15) is 0 Å². The van der Waals surface area contributed by atoms with Gasteiger partial charge in [-0.15, -0.1) is 11.3 Å². The highest BCUT2D eigenvalue weighted by molar-refractivity contribution is 7.10. The van der Waals surface area contributed by atoms with Gasteiger partial charge in [-0.05, 0) is 23.9 Å². The maximum atomic E-state index is 12.1. The highest BCUT2D eigenvalue weighted by Gasteiger charge is 2.19. The van der Waals surface area contributed by atoms with Crippen LogP contribution in [0.25, 0.3) is 0 Å². The fourth-order valence-corrected chi connectivity index (χ4v) is 1.64. The van der Waals surface area contributed by atoms with Crippen LogP contribution in [0.5, 0.6) is 0 Å². The van der Waals surface area contributed by atoms with Crippen molar-refractivity contribution < 1.29 is 8.78 Å². The Bertz CT molecular complexity index is 234. The van der Waals surface area contributed by atoms with Gasteiger partial charge in [0.1, 0.15) is 0 Å². The van der Waals surface area contributed by atoms with E-state index in [2.05, 4.69) is 0 Å². The lowest BCUT2D eigenvalue weighted by atomic mass is 10.1. The number of hydrogen-bond acceptors (Lipinski definition) is 2. The average Bonchev–Trinajstić information content (AvgIpc) is 2.33. The zero-order valence-corrected chi connectivity index (χ0v) is 6.87. The quantitative estimate of drug-likeness (QED) is 0.737. The molecule has 1 aromatic rings. The lowest BCUT2D eigenvalue weighted by Crippen LogP contribution is -2.18. The molecule has 1 rings (SSSR count). The Morgan fingerprint density at radius 3 is 2.55 bits per heavy atom. The SMILES string of the molecule is Cc1sccc1C(N)C(F)F. The number of halogens is 2. The van der Waals surface area contributed by atoms with Crippen molar-refractivity contribution in [1.29, 1.82) is 0 Å². The largest absolute Gasteiger partial charge is 0.319 e. The first-order valence-electron chi connectivity index (χ1n) is 3.20. The van der Waals surface area contributed by atoms with E-state index in [-0.39, 0.29) is 0 Å². The van der Waals surface area contributed by atoms with Crippen molar-refractivity contribution in [3.05, 3.63) is 21.9 Å². The van der Waals surface area contributed by atoms with Crippen molar-refractivity contribution >= 4 is 11.3 Å². The minimum absolute atomic E-state index is 0.560. The Balaban J connectivity index is 2.84. The highest BCUT2D eigenvalue weighted by Crippen LogP contribution is 2.24. The Morgan fingerprint density at radius 1 is 1.55 bits per heavy atom. The predicted octanol–water partition coefficient (Wildman–Crippen LogP) is 2.32. The van der Waals surface area contributed by atoms with E-state index in [0.29, 0.717) is 5.56 Å². The summed E-state index contributed by atoms with van der Waals surface area (Å²) in [5.74, 6) is 0. The van der Waals surface area contributed by atoms with Crippen LogP contribution in [0.15, 0.2) is 11.4 Å². The summed E-state index contributed by atoms with van der Waals surface area (Å²) < 4.78 is 24.1. The molecule has 0 aliphatic rings. The average molecular weight is 177 g/mol.